The first-order chi connectivity index (χ1) is 9.72. The molecule has 0 aromatic heterocycles. The van der Waals surface area contributed by atoms with Crippen LogP contribution in [0.4, 0.5) is 0 Å². The van der Waals surface area contributed by atoms with E-state index in [9.17, 15) is 19.8 Å². The van der Waals surface area contributed by atoms with Crippen molar-refractivity contribution in [2.24, 2.45) is 10.8 Å². The molecule has 0 saturated heterocycles. The van der Waals surface area contributed by atoms with E-state index in [2.05, 4.69) is 13.8 Å². The zero-order chi connectivity index (χ0) is 16.5. The maximum Gasteiger partial charge on any atom is 0.309 e. The van der Waals surface area contributed by atoms with E-state index in [0.717, 1.165) is 25.7 Å². The van der Waals surface area contributed by atoms with E-state index < -0.39 is 22.8 Å². The van der Waals surface area contributed by atoms with Gasteiger partial charge in [-0.15, -0.1) is 0 Å². The second-order valence-corrected chi connectivity index (χ2v) is 6.79. The average molecular weight is 300 g/mol. The van der Waals surface area contributed by atoms with Gasteiger partial charge in [0.05, 0.1) is 10.8 Å². The monoisotopic (exact) mass is 300 g/mol. The second-order valence-electron chi connectivity index (χ2n) is 6.79. The lowest BCUT2D eigenvalue weighted by Gasteiger charge is -2.28. The van der Waals surface area contributed by atoms with Crippen molar-refractivity contribution in [2.75, 3.05) is 0 Å². The molecule has 0 aliphatic heterocycles. The van der Waals surface area contributed by atoms with Gasteiger partial charge in [0.1, 0.15) is 0 Å². The van der Waals surface area contributed by atoms with Gasteiger partial charge in [-0.2, -0.15) is 0 Å². The van der Waals surface area contributed by atoms with E-state index in [0.29, 0.717) is 32.1 Å². The van der Waals surface area contributed by atoms with Crippen molar-refractivity contribution < 1.29 is 19.8 Å². The van der Waals surface area contributed by atoms with Crippen LogP contribution in [0.2, 0.25) is 0 Å². The Balaban J connectivity index is 4.58. The molecule has 2 unspecified atom stereocenters. The van der Waals surface area contributed by atoms with Crippen LogP contribution in [0.5, 0.6) is 0 Å². The topological polar surface area (TPSA) is 74.6 Å². The van der Waals surface area contributed by atoms with E-state index in [1.165, 1.54) is 0 Å². The molecule has 0 spiro atoms. The second kappa shape index (κ2) is 9.06. The number of rotatable bonds is 12. The Morgan fingerprint density at radius 2 is 1.00 bits per heavy atom. The third-order valence-electron chi connectivity index (χ3n) is 4.65. The van der Waals surface area contributed by atoms with Crippen LogP contribution in [0.25, 0.3) is 0 Å². The number of unbranched alkanes of at least 4 members (excludes halogenated alkanes) is 2. The molecular formula is C17H32O4. The Bertz CT molecular complexity index is 308. The molecule has 2 N–H and O–H groups in total. The molecule has 0 fully saturated rings. The number of aliphatic carboxylic acids is 2. The predicted molar refractivity (Wildman–Crippen MR) is 84.4 cm³/mol. The largest absolute Gasteiger partial charge is 0.481 e. The van der Waals surface area contributed by atoms with Crippen LogP contribution in [-0.2, 0) is 9.59 Å². The summed E-state index contributed by atoms with van der Waals surface area (Å²) in [5, 5.41) is 18.8. The molecule has 0 saturated carbocycles. The Morgan fingerprint density at radius 1 is 0.714 bits per heavy atom. The molecule has 0 aromatic rings. The molecule has 4 heteroatoms. The molecule has 21 heavy (non-hydrogen) atoms. The van der Waals surface area contributed by atoms with Crippen molar-refractivity contribution in [3.63, 3.8) is 0 Å². The summed E-state index contributed by atoms with van der Waals surface area (Å²) in [7, 11) is 0. The summed E-state index contributed by atoms with van der Waals surface area (Å²) in [6.07, 6.45) is 6.84. The maximum absolute atomic E-state index is 11.5. The minimum Gasteiger partial charge on any atom is -0.481 e. The van der Waals surface area contributed by atoms with Gasteiger partial charge >= 0.3 is 11.9 Å². The van der Waals surface area contributed by atoms with E-state index in [1.54, 1.807) is 13.8 Å². The highest BCUT2D eigenvalue weighted by Crippen LogP contribution is 2.36. The molecule has 2 atom stereocenters. The van der Waals surface area contributed by atoms with Crippen LogP contribution < -0.4 is 0 Å². The van der Waals surface area contributed by atoms with Gasteiger partial charge in [0.15, 0.2) is 0 Å². The fourth-order valence-corrected chi connectivity index (χ4v) is 2.68. The molecule has 0 aliphatic rings. The molecule has 0 aromatic carbocycles. The van der Waals surface area contributed by atoms with E-state index in [-0.39, 0.29) is 0 Å². The van der Waals surface area contributed by atoms with Gasteiger partial charge < -0.3 is 10.2 Å². The molecule has 0 amide bonds. The average Bonchev–Trinajstić information content (AvgIpc) is 2.42. The van der Waals surface area contributed by atoms with Gasteiger partial charge in [-0.3, -0.25) is 9.59 Å². The Kier molecular flexibility index (Phi) is 8.60. The van der Waals surface area contributed by atoms with Gasteiger partial charge in [0, 0.05) is 0 Å². The third-order valence-corrected chi connectivity index (χ3v) is 4.65. The van der Waals surface area contributed by atoms with Gasteiger partial charge in [-0.05, 0) is 39.5 Å². The Labute approximate surface area is 128 Å². The fraction of sp³-hybridized carbons (Fsp3) is 0.882. The number of hydrogen-bond donors (Lipinski definition) is 2. The molecular weight excluding hydrogens is 268 g/mol. The van der Waals surface area contributed by atoms with Crippen molar-refractivity contribution in [3.05, 3.63) is 0 Å². The van der Waals surface area contributed by atoms with Crippen molar-refractivity contribution in [3.8, 4) is 0 Å². The SMILES string of the molecule is CCCCC(C)(CCCC(C)(CCCC)C(=O)O)C(=O)O. The van der Waals surface area contributed by atoms with Gasteiger partial charge in [0.25, 0.3) is 0 Å². The highest BCUT2D eigenvalue weighted by atomic mass is 16.4. The summed E-state index contributed by atoms with van der Waals surface area (Å²) in [5.74, 6) is -1.52. The third kappa shape index (κ3) is 6.49. The lowest BCUT2D eigenvalue weighted by Crippen LogP contribution is -2.30. The lowest BCUT2D eigenvalue weighted by atomic mass is 9.75. The highest BCUT2D eigenvalue weighted by molar-refractivity contribution is 5.74. The quantitative estimate of drug-likeness (QED) is 0.547. The Morgan fingerprint density at radius 3 is 1.24 bits per heavy atom. The lowest BCUT2D eigenvalue weighted by molar-refractivity contribution is -0.149. The predicted octanol–water partition coefficient (Wildman–Crippen LogP) is 4.72. The maximum atomic E-state index is 11.5. The fourth-order valence-electron chi connectivity index (χ4n) is 2.68. The van der Waals surface area contributed by atoms with Crippen molar-refractivity contribution in [1.29, 1.82) is 0 Å². The van der Waals surface area contributed by atoms with E-state index >= 15 is 0 Å². The van der Waals surface area contributed by atoms with E-state index in [1.807, 2.05) is 0 Å². The molecule has 4 nitrogen and oxygen atoms in total. The normalized spacial score (nSPS) is 17.0. The summed E-state index contributed by atoms with van der Waals surface area (Å²) in [5.41, 5.74) is -1.44. The number of carboxylic acids is 2. The minimum absolute atomic E-state index is 0.553. The molecule has 124 valence electrons. The van der Waals surface area contributed by atoms with Crippen molar-refractivity contribution in [1.82, 2.24) is 0 Å². The zero-order valence-corrected chi connectivity index (χ0v) is 14.1. The summed E-state index contributed by atoms with van der Waals surface area (Å²) in [6, 6.07) is 0. The number of carbonyl (C=O) groups is 2. The molecule has 0 aliphatic carbocycles. The van der Waals surface area contributed by atoms with Gasteiger partial charge in [-0.25, -0.2) is 0 Å². The first kappa shape index (κ1) is 19.9. The van der Waals surface area contributed by atoms with Gasteiger partial charge in [-0.1, -0.05) is 46.0 Å². The molecule has 0 heterocycles. The summed E-state index contributed by atoms with van der Waals surface area (Å²) in [6.45, 7) is 7.67. The first-order valence-electron chi connectivity index (χ1n) is 8.18. The van der Waals surface area contributed by atoms with Crippen LogP contribution in [0.15, 0.2) is 0 Å². The van der Waals surface area contributed by atoms with Crippen LogP contribution >= 0.6 is 0 Å². The summed E-state index contributed by atoms with van der Waals surface area (Å²) < 4.78 is 0. The minimum atomic E-state index is -0.762. The van der Waals surface area contributed by atoms with Gasteiger partial charge in [0.2, 0.25) is 0 Å². The molecule has 0 bridgehead atoms. The summed E-state index contributed by atoms with van der Waals surface area (Å²) in [4.78, 5) is 22.9. The van der Waals surface area contributed by atoms with Crippen molar-refractivity contribution in [2.45, 2.75) is 85.5 Å². The van der Waals surface area contributed by atoms with E-state index in [4.69, 9.17) is 0 Å². The standard InChI is InChI=1S/C17H32O4/c1-5-7-10-16(3,14(18)19)12-9-13-17(4,15(20)21)11-8-6-2/h5-13H2,1-4H3,(H,18,19)(H,20,21). The number of hydrogen-bond acceptors (Lipinski definition) is 2. The van der Waals surface area contributed by atoms with Crippen LogP contribution in [0.1, 0.15) is 85.5 Å². The zero-order valence-electron chi connectivity index (χ0n) is 14.1. The van der Waals surface area contributed by atoms with Crippen LogP contribution in [0, 0.1) is 10.8 Å². The van der Waals surface area contributed by atoms with Crippen LogP contribution in [-0.4, -0.2) is 22.2 Å². The smallest absolute Gasteiger partial charge is 0.309 e. The number of carboxylic acid groups (broad SMARTS) is 2. The molecule has 0 radical (unpaired) electrons. The Hall–Kier alpha value is -1.06. The first-order valence-corrected chi connectivity index (χ1v) is 8.18. The molecule has 0 rings (SSSR count). The summed E-state index contributed by atoms with van der Waals surface area (Å²) >= 11 is 0. The van der Waals surface area contributed by atoms with Crippen molar-refractivity contribution >= 4 is 11.9 Å². The van der Waals surface area contributed by atoms with Crippen LogP contribution in [0.3, 0.4) is 0 Å². The highest BCUT2D eigenvalue weighted by Gasteiger charge is 2.35.